The maximum atomic E-state index is 12.4. The summed E-state index contributed by atoms with van der Waals surface area (Å²) in [7, 11) is 0. The Hall–Kier alpha value is -2.21. The minimum Gasteiger partial charge on any atom is -0.361 e. The van der Waals surface area contributed by atoms with Crippen molar-refractivity contribution in [3.8, 4) is 0 Å². The first kappa shape index (κ1) is 14.7. The highest BCUT2D eigenvalue weighted by molar-refractivity contribution is 5.92. The topological polar surface area (TPSA) is 62.5 Å². The molecule has 0 atom stereocenters. The number of pyridine rings is 1. The summed E-state index contributed by atoms with van der Waals surface area (Å²) in [5.74, 6) is 0.891. The molecule has 0 radical (unpaired) electrons. The second kappa shape index (κ2) is 6.27. The van der Waals surface area contributed by atoms with Crippen LogP contribution in [0, 0.1) is 13.8 Å². The van der Waals surface area contributed by atoms with E-state index in [4.69, 9.17) is 4.52 Å². The molecular formula is C16H20N4O2. The Morgan fingerprint density at radius 1 is 1.23 bits per heavy atom. The van der Waals surface area contributed by atoms with Gasteiger partial charge in [-0.25, -0.2) is 0 Å². The second-order valence-electron chi connectivity index (χ2n) is 5.59. The van der Waals surface area contributed by atoms with E-state index in [0.717, 1.165) is 49.7 Å². The van der Waals surface area contributed by atoms with E-state index in [1.807, 2.05) is 30.9 Å². The molecule has 1 amide bonds. The van der Waals surface area contributed by atoms with E-state index < -0.39 is 0 Å². The lowest BCUT2D eigenvalue weighted by Gasteiger charge is -2.34. The number of piperazine rings is 1. The third-order valence-electron chi connectivity index (χ3n) is 4.11. The van der Waals surface area contributed by atoms with Crippen LogP contribution in [-0.2, 0) is 6.54 Å². The Kier molecular flexibility index (Phi) is 4.20. The van der Waals surface area contributed by atoms with E-state index >= 15 is 0 Å². The lowest BCUT2D eigenvalue weighted by atomic mass is 10.1. The molecule has 6 heteroatoms. The van der Waals surface area contributed by atoms with Gasteiger partial charge in [0.25, 0.3) is 5.91 Å². The van der Waals surface area contributed by atoms with Crippen LogP contribution in [0.1, 0.15) is 27.5 Å². The van der Waals surface area contributed by atoms with Gasteiger partial charge in [-0.3, -0.25) is 14.7 Å². The van der Waals surface area contributed by atoms with Gasteiger partial charge in [-0.1, -0.05) is 11.2 Å². The van der Waals surface area contributed by atoms with Crippen LogP contribution >= 0.6 is 0 Å². The molecule has 0 saturated carbocycles. The van der Waals surface area contributed by atoms with E-state index in [0.29, 0.717) is 5.69 Å². The first-order valence-electron chi connectivity index (χ1n) is 7.49. The summed E-state index contributed by atoms with van der Waals surface area (Å²) in [6, 6.07) is 5.42. The summed E-state index contributed by atoms with van der Waals surface area (Å²) in [6.07, 6.45) is 1.65. The highest BCUT2D eigenvalue weighted by Crippen LogP contribution is 2.16. The molecule has 2 aromatic heterocycles. The van der Waals surface area contributed by atoms with E-state index in [1.54, 1.807) is 12.3 Å². The molecular weight excluding hydrogens is 280 g/mol. The molecule has 1 aliphatic heterocycles. The van der Waals surface area contributed by atoms with E-state index in [-0.39, 0.29) is 5.91 Å². The fourth-order valence-corrected chi connectivity index (χ4v) is 2.71. The molecule has 0 N–H and O–H groups in total. The first-order valence-corrected chi connectivity index (χ1v) is 7.49. The lowest BCUT2D eigenvalue weighted by molar-refractivity contribution is 0.0622. The average molecular weight is 300 g/mol. The normalized spacial score (nSPS) is 16.0. The first-order chi connectivity index (χ1) is 10.6. The number of amides is 1. The fraction of sp³-hybridized carbons (Fsp3) is 0.438. The summed E-state index contributed by atoms with van der Waals surface area (Å²) < 4.78 is 5.20. The largest absolute Gasteiger partial charge is 0.361 e. The van der Waals surface area contributed by atoms with Crippen molar-refractivity contribution in [1.82, 2.24) is 19.9 Å². The van der Waals surface area contributed by atoms with Gasteiger partial charge in [0.1, 0.15) is 11.5 Å². The lowest BCUT2D eigenvalue weighted by Crippen LogP contribution is -2.48. The van der Waals surface area contributed by atoms with Gasteiger partial charge in [0.15, 0.2) is 0 Å². The van der Waals surface area contributed by atoms with Crippen LogP contribution in [0.4, 0.5) is 0 Å². The van der Waals surface area contributed by atoms with E-state index in [2.05, 4.69) is 15.0 Å². The molecule has 0 spiro atoms. The number of aromatic nitrogens is 2. The van der Waals surface area contributed by atoms with Crippen LogP contribution in [0.2, 0.25) is 0 Å². The number of hydrogen-bond donors (Lipinski definition) is 0. The van der Waals surface area contributed by atoms with Crippen molar-refractivity contribution in [2.24, 2.45) is 0 Å². The van der Waals surface area contributed by atoms with Gasteiger partial charge < -0.3 is 9.42 Å². The van der Waals surface area contributed by atoms with Gasteiger partial charge in [-0.05, 0) is 26.0 Å². The minimum atomic E-state index is 0.0117. The summed E-state index contributed by atoms with van der Waals surface area (Å²) in [4.78, 5) is 20.7. The van der Waals surface area contributed by atoms with Gasteiger partial charge in [-0.2, -0.15) is 0 Å². The van der Waals surface area contributed by atoms with Gasteiger partial charge in [0, 0.05) is 44.5 Å². The zero-order valence-corrected chi connectivity index (χ0v) is 13.0. The van der Waals surface area contributed by atoms with Crippen LogP contribution < -0.4 is 0 Å². The highest BCUT2D eigenvalue weighted by Gasteiger charge is 2.24. The molecule has 22 heavy (non-hydrogen) atoms. The van der Waals surface area contributed by atoms with Crippen molar-refractivity contribution < 1.29 is 9.32 Å². The summed E-state index contributed by atoms with van der Waals surface area (Å²) in [6.45, 7) is 7.87. The van der Waals surface area contributed by atoms with Gasteiger partial charge in [0.2, 0.25) is 0 Å². The molecule has 1 saturated heterocycles. The molecule has 0 unspecified atom stereocenters. The quantitative estimate of drug-likeness (QED) is 0.862. The average Bonchev–Trinajstić information content (AvgIpc) is 2.88. The third-order valence-corrected chi connectivity index (χ3v) is 4.11. The number of rotatable bonds is 3. The Morgan fingerprint density at radius 2 is 2.00 bits per heavy atom. The van der Waals surface area contributed by atoms with E-state index in [9.17, 15) is 4.79 Å². The SMILES string of the molecule is Cc1noc(C)c1CN1CCN(C(=O)c2ccccn2)CC1. The van der Waals surface area contributed by atoms with Gasteiger partial charge in [0.05, 0.1) is 5.69 Å². The van der Waals surface area contributed by atoms with Crippen molar-refractivity contribution in [3.63, 3.8) is 0 Å². The Labute approximate surface area is 129 Å². The maximum Gasteiger partial charge on any atom is 0.272 e. The molecule has 1 fully saturated rings. The van der Waals surface area contributed by atoms with Gasteiger partial charge in [-0.15, -0.1) is 0 Å². The molecule has 6 nitrogen and oxygen atoms in total. The third kappa shape index (κ3) is 3.01. The number of aryl methyl sites for hydroxylation is 2. The summed E-state index contributed by atoms with van der Waals surface area (Å²) in [5, 5.41) is 3.99. The molecule has 2 aromatic rings. The van der Waals surface area contributed by atoms with E-state index in [1.165, 1.54) is 0 Å². The van der Waals surface area contributed by atoms with Crippen molar-refractivity contribution in [1.29, 1.82) is 0 Å². The number of hydrogen-bond acceptors (Lipinski definition) is 5. The fourth-order valence-electron chi connectivity index (χ4n) is 2.71. The molecule has 0 aliphatic carbocycles. The Bertz CT molecular complexity index is 626. The number of nitrogens with zero attached hydrogens (tertiary/aromatic N) is 4. The zero-order valence-electron chi connectivity index (χ0n) is 13.0. The minimum absolute atomic E-state index is 0.0117. The Morgan fingerprint density at radius 3 is 2.59 bits per heavy atom. The molecule has 1 aliphatic rings. The highest BCUT2D eigenvalue weighted by atomic mass is 16.5. The summed E-state index contributed by atoms with van der Waals surface area (Å²) in [5.41, 5.74) is 2.62. The summed E-state index contributed by atoms with van der Waals surface area (Å²) >= 11 is 0. The van der Waals surface area contributed by atoms with Crippen molar-refractivity contribution in [3.05, 3.63) is 47.1 Å². The molecule has 3 heterocycles. The number of carbonyl (C=O) groups excluding carboxylic acids is 1. The second-order valence-corrected chi connectivity index (χ2v) is 5.59. The molecule has 116 valence electrons. The van der Waals surface area contributed by atoms with Crippen LogP contribution in [0.5, 0.6) is 0 Å². The monoisotopic (exact) mass is 300 g/mol. The number of carbonyl (C=O) groups is 1. The van der Waals surface area contributed by atoms with Crippen LogP contribution in [0.25, 0.3) is 0 Å². The molecule has 3 rings (SSSR count). The molecule has 0 aromatic carbocycles. The standard InChI is InChI=1S/C16H20N4O2/c1-12-14(13(2)22-18-12)11-19-7-9-20(10-8-19)16(21)15-5-3-4-6-17-15/h3-6H,7-11H2,1-2H3. The Balaban J connectivity index is 1.58. The van der Waals surface area contributed by atoms with Crippen LogP contribution in [0.15, 0.2) is 28.9 Å². The predicted octanol–water partition coefficient (Wildman–Crippen LogP) is 1.64. The van der Waals surface area contributed by atoms with Crippen LogP contribution in [-0.4, -0.2) is 52.0 Å². The predicted molar refractivity (Wildman–Crippen MR) is 81.4 cm³/mol. The molecule has 0 bridgehead atoms. The van der Waals surface area contributed by atoms with Crippen molar-refractivity contribution in [2.45, 2.75) is 20.4 Å². The zero-order chi connectivity index (χ0) is 15.5. The maximum absolute atomic E-state index is 12.4. The smallest absolute Gasteiger partial charge is 0.272 e. The van der Waals surface area contributed by atoms with Gasteiger partial charge >= 0.3 is 0 Å². The van der Waals surface area contributed by atoms with Crippen LogP contribution in [0.3, 0.4) is 0 Å². The van der Waals surface area contributed by atoms with Crippen molar-refractivity contribution >= 4 is 5.91 Å². The van der Waals surface area contributed by atoms with Crippen molar-refractivity contribution in [2.75, 3.05) is 26.2 Å².